The van der Waals surface area contributed by atoms with Crippen LogP contribution in [0.4, 0.5) is 20.7 Å². The van der Waals surface area contributed by atoms with Crippen molar-refractivity contribution in [3.8, 4) is 0 Å². The number of hydrogen-bond acceptors (Lipinski definition) is 6. The molecule has 3 aliphatic rings. The summed E-state index contributed by atoms with van der Waals surface area (Å²) < 4.78 is 18.3. The number of benzene rings is 1. The zero-order valence-corrected chi connectivity index (χ0v) is 21.8. The average Bonchev–Trinajstić information content (AvgIpc) is 3.48. The highest BCUT2D eigenvalue weighted by atomic mass is 35.5. The number of nitrogens with zero attached hydrogens (tertiary/aromatic N) is 5. The molecule has 1 aromatic carbocycles. The Morgan fingerprint density at radius 2 is 1.94 bits per heavy atom. The summed E-state index contributed by atoms with van der Waals surface area (Å²) in [5.41, 5.74) is 2.53. The minimum atomic E-state index is -0.696. The summed E-state index contributed by atoms with van der Waals surface area (Å²) in [6.07, 6.45) is 8.37. The zero-order chi connectivity index (χ0) is 24.4. The lowest BCUT2D eigenvalue weighted by atomic mass is 9.84. The van der Waals surface area contributed by atoms with Gasteiger partial charge in [0.05, 0.1) is 0 Å². The van der Waals surface area contributed by atoms with E-state index in [4.69, 9.17) is 11.6 Å². The Hall–Kier alpha value is -1.97. The number of nitrogens with one attached hydrogen (secondary N) is 1. The fourth-order valence-corrected chi connectivity index (χ4v) is 6.40. The molecule has 10 heteroatoms. The first kappa shape index (κ1) is 24.7. The monoisotopic (exact) mass is 520 g/mol. The van der Waals surface area contributed by atoms with E-state index in [1.54, 1.807) is 6.20 Å². The van der Waals surface area contributed by atoms with Gasteiger partial charge in [0, 0.05) is 67.5 Å². The van der Waals surface area contributed by atoms with Crippen molar-refractivity contribution in [2.45, 2.75) is 56.8 Å². The van der Waals surface area contributed by atoms with E-state index in [0.29, 0.717) is 18.7 Å². The molecule has 0 atom stereocenters. The molecular formula is C25H34ClFN6OS. The van der Waals surface area contributed by atoms with Gasteiger partial charge in [-0.15, -0.1) is 5.10 Å². The first-order valence-electron chi connectivity index (χ1n) is 12.5. The first-order valence-corrected chi connectivity index (χ1v) is 14.1. The summed E-state index contributed by atoms with van der Waals surface area (Å²) in [5, 5.41) is 5.07. The lowest BCUT2D eigenvalue weighted by Crippen LogP contribution is -2.53. The molecule has 0 radical (unpaired) electrons. The molecule has 1 spiro atoms. The summed E-state index contributed by atoms with van der Waals surface area (Å²) in [4.78, 5) is 19.8. The van der Waals surface area contributed by atoms with E-state index in [1.807, 2.05) is 29.4 Å². The second-order valence-corrected chi connectivity index (χ2v) is 11.0. The number of carbonyl (C=O) groups excluding carboxylic acids is 1. The second-order valence-electron chi connectivity index (χ2n) is 9.91. The lowest BCUT2D eigenvalue weighted by molar-refractivity contribution is 0.0585. The van der Waals surface area contributed by atoms with E-state index < -0.39 is 6.17 Å². The number of hydrogen-bond donors (Lipinski definition) is 1. The maximum Gasteiger partial charge on any atom is 0.344 e. The Morgan fingerprint density at radius 1 is 1.17 bits per heavy atom. The van der Waals surface area contributed by atoms with Gasteiger partial charge in [0.15, 0.2) is 5.82 Å². The topological polar surface area (TPSA) is 56.6 Å². The molecule has 0 aliphatic carbocycles. The molecule has 190 valence electrons. The minimum absolute atomic E-state index is 0.0604. The second kappa shape index (κ2) is 10.6. The Kier molecular flexibility index (Phi) is 7.46. The van der Waals surface area contributed by atoms with Crippen LogP contribution >= 0.6 is 23.5 Å². The number of alkyl halides is 1. The summed E-state index contributed by atoms with van der Waals surface area (Å²) in [5.74, 6) is 0.691. The molecular weight excluding hydrogens is 487 g/mol. The van der Waals surface area contributed by atoms with Gasteiger partial charge in [-0.1, -0.05) is 29.6 Å². The Balaban J connectivity index is 1.26. The normalized spacial score (nSPS) is 21.1. The molecule has 5 rings (SSSR count). The summed E-state index contributed by atoms with van der Waals surface area (Å²) >= 11 is 7.83. The predicted octanol–water partition coefficient (Wildman–Crippen LogP) is 5.26. The Morgan fingerprint density at radius 3 is 2.69 bits per heavy atom. The van der Waals surface area contributed by atoms with Gasteiger partial charge >= 0.3 is 6.03 Å². The largest absolute Gasteiger partial charge is 0.371 e. The van der Waals surface area contributed by atoms with Crippen molar-refractivity contribution >= 4 is 41.1 Å². The van der Waals surface area contributed by atoms with Crippen LogP contribution in [0.1, 0.15) is 44.1 Å². The van der Waals surface area contributed by atoms with E-state index in [1.165, 1.54) is 28.6 Å². The maximum atomic E-state index is 13.8. The highest BCUT2D eigenvalue weighted by Gasteiger charge is 2.44. The van der Waals surface area contributed by atoms with Crippen LogP contribution in [-0.4, -0.2) is 76.3 Å². The molecule has 0 bridgehead atoms. The Labute approximate surface area is 216 Å². The van der Waals surface area contributed by atoms with E-state index in [0.717, 1.165) is 69.2 Å². The van der Waals surface area contributed by atoms with Crippen LogP contribution in [0.15, 0.2) is 30.5 Å². The highest BCUT2D eigenvalue weighted by Crippen LogP contribution is 2.41. The van der Waals surface area contributed by atoms with Crippen molar-refractivity contribution in [3.05, 3.63) is 41.0 Å². The number of rotatable bonds is 5. The molecule has 4 heterocycles. The van der Waals surface area contributed by atoms with Gasteiger partial charge in [0.1, 0.15) is 6.17 Å². The van der Waals surface area contributed by atoms with Gasteiger partial charge in [-0.2, -0.15) is 4.68 Å². The molecule has 1 aromatic heterocycles. The molecule has 2 aromatic rings. The van der Waals surface area contributed by atoms with Gasteiger partial charge in [-0.25, -0.2) is 9.18 Å². The van der Waals surface area contributed by atoms with Crippen LogP contribution in [0.5, 0.6) is 0 Å². The number of aromatic nitrogens is 2. The molecule has 0 unspecified atom stereocenters. The third-order valence-electron chi connectivity index (χ3n) is 7.87. The van der Waals surface area contributed by atoms with Crippen molar-refractivity contribution in [1.82, 2.24) is 19.6 Å². The van der Waals surface area contributed by atoms with Crippen molar-refractivity contribution in [2.75, 3.05) is 48.6 Å². The van der Waals surface area contributed by atoms with Gasteiger partial charge in [0.2, 0.25) is 0 Å². The van der Waals surface area contributed by atoms with Crippen molar-refractivity contribution in [3.63, 3.8) is 0 Å². The fraction of sp³-hybridized carbons (Fsp3) is 0.600. The first-order chi connectivity index (χ1) is 17.0. The lowest BCUT2D eigenvalue weighted by Gasteiger charge is -2.45. The van der Waals surface area contributed by atoms with Crippen LogP contribution in [0.25, 0.3) is 0 Å². The summed E-state index contributed by atoms with van der Waals surface area (Å²) in [7, 11) is 0. The van der Waals surface area contributed by atoms with Crippen molar-refractivity contribution in [2.24, 2.45) is 0 Å². The molecule has 35 heavy (non-hydrogen) atoms. The van der Waals surface area contributed by atoms with Crippen LogP contribution in [0.3, 0.4) is 0 Å². The van der Waals surface area contributed by atoms with E-state index in [9.17, 15) is 9.18 Å². The van der Waals surface area contributed by atoms with Crippen LogP contribution in [-0.2, 0) is 6.54 Å². The number of piperidine rings is 2. The molecule has 3 fully saturated rings. The minimum Gasteiger partial charge on any atom is -0.371 e. The zero-order valence-electron chi connectivity index (χ0n) is 20.3. The van der Waals surface area contributed by atoms with E-state index in [-0.39, 0.29) is 11.6 Å². The molecule has 3 aliphatic heterocycles. The SMILES string of the molecule is CSNc1ccn(C(=O)N2CCC3(CCCN3Cc3ccc(Cl)cc3N3CCC(F)CC3)CC2)n1. The van der Waals surface area contributed by atoms with Gasteiger partial charge in [-0.05, 0) is 62.8 Å². The quantitative estimate of drug-likeness (QED) is 0.542. The number of carbonyl (C=O) groups is 1. The number of likely N-dealkylation sites (tertiary alicyclic amines) is 2. The van der Waals surface area contributed by atoms with E-state index >= 15 is 0 Å². The third kappa shape index (κ3) is 5.27. The predicted molar refractivity (Wildman–Crippen MR) is 141 cm³/mol. The van der Waals surface area contributed by atoms with Crippen LogP contribution in [0, 0.1) is 0 Å². The van der Waals surface area contributed by atoms with Crippen molar-refractivity contribution in [1.29, 1.82) is 0 Å². The highest BCUT2D eigenvalue weighted by molar-refractivity contribution is 7.99. The standard InChI is InChI=1S/C25H34ClFN6OS/c1-35-29-23-7-14-33(28-23)24(34)31-15-9-25(10-16-31)8-2-11-32(25)18-19-3-4-20(26)17-22(19)30-12-5-21(27)6-13-30/h3-4,7,14,17,21H,2,5-6,8-13,15-16,18H2,1H3,(H,28,29). The maximum absolute atomic E-state index is 13.8. The summed E-state index contributed by atoms with van der Waals surface area (Å²) in [6.45, 7) is 4.86. The number of halogens is 2. The number of amides is 1. The molecule has 3 saturated heterocycles. The summed E-state index contributed by atoms with van der Waals surface area (Å²) in [6, 6.07) is 7.91. The Bertz CT molecular complexity index is 1030. The van der Waals surface area contributed by atoms with E-state index in [2.05, 4.69) is 25.7 Å². The van der Waals surface area contributed by atoms with Crippen molar-refractivity contribution < 1.29 is 9.18 Å². The van der Waals surface area contributed by atoms with Gasteiger partial charge < -0.3 is 14.5 Å². The van der Waals surface area contributed by atoms with Crippen LogP contribution < -0.4 is 9.62 Å². The average molecular weight is 521 g/mol. The smallest absolute Gasteiger partial charge is 0.344 e. The molecule has 7 nitrogen and oxygen atoms in total. The van der Waals surface area contributed by atoms with Crippen LogP contribution in [0.2, 0.25) is 5.02 Å². The molecule has 1 N–H and O–H groups in total. The fourth-order valence-electron chi connectivity index (χ4n) is 5.92. The van der Waals surface area contributed by atoms with Gasteiger partial charge in [-0.3, -0.25) is 4.90 Å². The molecule has 1 amide bonds. The third-order valence-corrected chi connectivity index (χ3v) is 8.52. The number of anilines is 2. The van der Waals surface area contributed by atoms with Gasteiger partial charge in [0.25, 0.3) is 0 Å². The molecule has 0 saturated carbocycles.